The molecule has 1 N–H and O–H groups in total. The fourth-order valence-electron chi connectivity index (χ4n) is 1.21. The van der Waals surface area contributed by atoms with Crippen molar-refractivity contribution in [2.24, 2.45) is 5.92 Å². The van der Waals surface area contributed by atoms with Crippen LogP contribution in [0.5, 0.6) is 0 Å². The Morgan fingerprint density at radius 2 is 1.94 bits per heavy atom. The van der Waals surface area contributed by atoms with Crippen LogP contribution in [0, 0.1) is 5.92 Å². The topological polar surface area (TPSA) is 37.3 Å². The lowest BCUT2D eigenvalue weighted by Gasteiger charge is -2.13. The molecule has 0 radical (unpaired) electrons. The van der Waals surface area contributed by atoms with Gasteiger partial charge in [0.1, 0.15) is 4.88 Å². The average Bonchev–Trinajstić information content (AvgIpc) is 2.63. The van der Waals surface area contributed by atoms with Crippen molar-refractivity contribution in [3.05, 3.63) is 21.9 Å². The van der Waals surface area contributed by atoms with Gasteiger partial charge >= 0.3 is 12.1 Å². The van der Waals surface area contributed by atoms with Crippen LogP contribution in [0.4, 0.5) is 13.2 Å². The summed E-state index contributed by atoms with van der Waals surface area (Å²) in [6, 6.07) is 2.34. The van der Waals surface area contributed by atoms with Gasteiger partial charge in [0.25, 0.3) is 0 Å². The van der Waals surface area contributed by atoms with Crippen LogP contribution in [0.25, 0.3) is 0 Å². The average molecular weight is 252 g/mol. The molecule has 2 nitrogen and oxygen atoms in total. The maximum absolute atomic E-state index is 12.3. The Labute approximate surface area is 94.7 Å². The van der Waals surface area contributed by atoms with Crippen LogP contribution in [0.3, 0.4) is 0 Å². The zero-order valence-corrected chi connectivity index (χ0v) is 9.52. The first kappa shape index (κ1) is 13.0. The highest BCUT2D eigenvalue weighted by molar-refractivity contribution is 7.12. The molecular formula is C10H11F3O2S. The molecule has 6 heteroatoms. The summed E-state index contributed by atoms with van der Waals surface area (Å²) in [5, 5.41) is 8.76. The van der Waals surface area contributed by atoms with Crippen LogP contribution in [-0.4, -0.2) is 11.1 Å². The van der Waals surface area contributed by atoms with Crippen LogP contribution < -0.4 is 0 Å². The van der Waals surface area contributed by atoms with E-state index in [0.717, 1.165) is 6.07 Å². The standard InChI is InChI=1S/C10H11F3O2S/c1-5(6(2)9(14)15)7-3-4-8(16-7)10(11,12)13/h3-6H,1-2H3,(H,14,15). The fourth-order valence-corrected chi connectivity index (χ4v) is 2.24. The van der Waals surface area contributed by atoms with E-state index in [1.54, 1.807) is 6.92 Å². The SMILES string of the molecule is CC(C(=O)O)C(C)c1ccc(C(F)(F)F)s1. The molecule has 0 aliphatic heterocycles. The predicted octanol–water partition coefficient (Wildman–Crippen LogP) is 3.59. The first-order valence-corrected chi connectivity index (χ1v) is 5.45. The minimum Gasteiger partial charge on any atom is -0.481 e. The van der Waals surface area contributed by atoms with Gasteiger partial charge in [0.05, 0.1) is 5.92 Å². The number of carboxylic acids is 1. The molecular weight excluding hydrogens is 241 g/mol. The molecule has 0 saturated heterocycles. The van der Waals surface area contributed by atoms with E-state index < -0.39 is 28.9 Å². The molecule has 0 spiro atoms. The molecule has 90 valence electrons. The van der Waals surface area contributed by atoms with Crippen molar-refractivity contribution in [1.82, 2.24) is 0 Å². The number of alkyl halides is 3. The van der Waals surface area contributed by atoms with Crippen LogP contribution >= 0.6 is 11.3 Å². The number of aliphatic carboxylic acids is 1. The molecule has 0 aliphatic carbocycles. The first-order chi connectivity index (χ1) is 7.23. The molecule has 0 amide bonds. The molecule has 1 aromatic heterocycles. The van der Waals surface area contributed by atoms with Gasteiger partial charge in [-0.3, -0.25) is 4.79 Å². The summed E-state index contributed by atoms with van der Waals surface area (Å²) < 4.78 is 37.0. The van der Waals surface area contributed by atoms with Crippen LogP contribution in [-0.2, 0) is 11.0 Å². The molecule has 16 heavy (non-hydrogen) atoms. The van der Waals surface area contributed by atoms with Crippen molar-refractivity contribution in [1.29, 1.82) is 0 Å². The van der Waals surface area contributed by atoms with Crippen molar-refractivity contribution in [2.75, 3.05) is 0 Å². The van der Waals surface area contributed by atoms with E-state index >= 15 is 0 Å². The third-order valence-electron chi connectivity index (χ3n) is 2.49. The van der Waals surface area contributed by atoms with Crippen molar-refractivity contribution in [3.63, 3.8) is 0 Å². The van der Waals surface area contributed by atoms with Gasteiger partial charge in [-0.25, -0.2) is 0 Å². The van der Waals surface area contributed by atoms with Crippen molar-refractivity contribution < 1.29 is 23.1 Å². The van der Waals surface area contributed by atoms with E-state index in [4.69, 9.17) is 5.11 Å². The zero-order chi connectivity index (χ0) is 12.5. The number of hydrogen-bond acceptors (Lipinski definition) is 2. The van der Waals surface area contributed by atoms with Gasteiger partial charge < -0.3 is 5.11 Å². The van der Waals surface area contributed by atoms with Crippen LogP contribution in [0.1, 0.15) is 29.5 Å². The van der Waals surface area contributed by atoms with Crippen molar-refractivity contribution >= 4 is 17.3 Å². The Hall–Kier alpha value is -1.04. The van der Waals surface area contributed by atoms with Crippen LogP contribution in [0.2, 0.25) is 0 Å². The minimum absolute atomic E-state index is 0.418. The summed E-state index contributed by atoms with van der Waals surface area (Å²) in [5.74, 6) is -2.12. The number of carbonyl (C=O) groups is 1. The highest BCUT2D eigenvalue weighted by Crippen LogP contribution is 2.38. The van der Waals surface area contributed by atoms with Gasteiger partial charge in [-0.1, -0.05) is 13.8 Å². The summed E-state index contributed by atoms with van der Waals surface area (Å²) in [7, 11) is 0. The lowest BCUT2D eigenvalue weighted by atomic mass is 9.95. The maximum atomic E-state index is 12.3. The number of thiophene rings is 1. The van der Waals surface area contributed by atoms with E-state index in [-0.39, 0.29) is 0 Å². The Morgan fingerprint density at radius 1 is 1.38 bits per heavy atom. The quantitative estimate of drug-likeness (QED) is 0.892. The summed E-state index contributed by atoms with van der Waals surface area (Å²) in [6.45, 7) is 3.10. The van der Waals surface area contributed by atoms with E-state index in [0.29, 0.717) is 16.2 Å². The van der Waals surface area contributed by atoms with Gasteiger partial charge in [0.2, 0.25) is 0 Å². The molecule has 0 aliphatic rings. The lowest BCUT2D eigenvalue weighted by Crippen LogP contribution is -2.15. The molecule has 1 aromatic rings. The summed E-state index contributed by atoms with van der Waals surface area (Å²) in [5.41, 5.74) is 0. The normalized spacial score (nSPS) is 15.8. The largest absolute Gasteiger partial charge is 0.481 e. The summed E-state index contributed by atoms with van der Waals surface area (Å²) in [6.07, 6.45) is -4.35. The Bertz CT molecular complexity index is 384. The Kier molecular flexibility index (Phi) is 3.62. The second-order valence-corrected chi connectivity index (χ2v) is 4.73. The molecule has 0 aromatic carbocycles. The van der Waals surface area contributed by atoms with E-state index in [9.17, 15) is 18.0 Å². The number of halogens is 3. The molecule has 1 rings (SSSR count). The highest BCUT2D eigenvalue weighted by Gasteiger charge is 2.33. The number of hydrogen-bond donors (Lipinski definition) is 1. The maximum Gasteiger partial charge on any atom is 0.425 e. The van der Waals surface area contributed by atoms with Gasteiger partial charge in [0, 0.05) is 10.8 Å². The second kappa shape index (κ2) is 4.45. The number of carboxylic acid groups (broad SMARTS) is 1. The fraction of sp³-hybridized carbons (Fsp3) is 0.500. The molecule has 0 bridgehead atoms. The monoisotopic (exact) mass is 252 g/mol. The van der Waals surface area contributed by atoms with Gasteiger partial charge in [-0.15, -0.1) is 11.3 Å². The molecule has 1 heterocycles. The highest BCUT2D eigenvalue weighted by atomic mass is 32.1. The van der Waals surface area contributed by atoms with E-state index in [1.807, 2.05) is 0 Å². The van der Waals surface area contributed by atoms with Crippen molar-refractivity contribution in [3.8, 4) is 0 Å². The van der Waals surface area contributed by atoms with Gasteiger partial charge in [-0.05, 0) is 12.1 Å². The number of rotatable bonds is 3. The van der Waals surface area contributed by atoms with Crippen molar-refractivity contribution in [2.45, 2.75) is 25.9 Å². The lowest BCUT2D eigenvalue weighted by molar-refractivity contribution is -0.141. The second-order valence-electron chi connectivity index (χ2n) is 3.62. The van der Waals surface area contributed by atoms with Crippen LogP contribution in [0.15, 0.2) is 12.1 Å². The van der Waals surface area contributed by atoms with Gasteiger partial charge in [-0.2, -0.15) is 13.2 Å². The molecule has 2 unspecified atom stereocenters. The zero-order valence-electron chi connectivity index (χ0n) is 8.71. The Morgan fingerprint density at radius 3 is 2.31 bits per heavy atom. The summed E-state index contributed by atoms with van der Waals surface area (Å²) in [4.78, 5) is 10.5. The smallest absolute Gasteiger partial charge is 0.425 e. The Balaban J connectivity index is 2.90. The molecule has 0 fully saturated rings. The minimum atomic E-state index is -4.35. The first-order valence-electron chi connectivity index (χ1n) is 4.63. The third kappa shape index (κ3) is 2.75. The van der Waals surface area contributed by atoms with E-state index in [1.165, 1.54) is 13.0 Å². The van der Waals surface area contributed by atoms with E-state index in [2.05, 4.69) is 0 Å². The predicted molar refractivity (Wildman–Crippen MR) is 54.5 cm³/mol. The molecule has 2 atom stereocenters. The molecule has 0 saturated carbocycles. The summed E-state index contributed by atoms with van der Waals surface area (Å²) >= 11 is 0.605. The third-order valence-corrected chi connectivity index (χ3v) is 3.83. The van der Waals surface area contributed by atoms with Gasteiger partial charge in [0.15, 0.2) is 0 Å².